The summed E-state index contributed by atoms with van der Waals surface area (Å²) in [4.78, 5) is 12.3. The molecule has 2 aromatic rings. The SMILES string of the molecule is Cc1cccc(CSCCNC(=O)[C@H](C)Oc2cccc3c2CCCC3)c1. The molecule has 144 valence electrons. The molecule has 0 aromatic heterocycles. The third kappa shape index (κ3) is 5.77. The van der Waals surface area contributed by atoms with Gasteiger partial charge in [-0.05, 0) is 62.3 Å². The van der Waals surface area contributed by atoms with Crippen LogP contribution in [0, 0.1) is 6.92 Å². The summed E-state index contributed by atoms with van der Waals surface area (Å²) in [6.07, 6.45) is 4.14. The number of aryl methyl sites for hydroxylation is 2. The molecule has 4 heteroatoms. The fraction of sp³-hybridized carbons (Fsp3) is 0.435. The average molecular weight is 384 g/mol. The largest absolute Gasteiger partial charge is 0.481 e. The summed E-state index contributed by atoms with van der Waals surface area (Å²) >= 11 is 1.84. The minimum Gasteiger partial charge on any atom is -0.481 e. The van der Waals surface area contributed by atoms with Gasteiger partial charge >= 0.3 is 0 Å². The van der Waals surface area contributed by atoms with E-state index < -0.39 is 6.10 Å². The van der Waals surface area contributed by atoms with Gasteiger partial charge in [-0.1, -0.05) is 42.0 Å². The summed E-state index contributed by atoms with van der Waals surface area (Å²) in [7, 11) is 0. The zero-order valence-corrected chi connectivity index (χ0v) is 17.1. The van der Waals surface area contributed by atoms with Crippen LogP contribution in [0.2, 0.25) is 0 Å². The second-order valence-corrected chi connectivity index (χ2v) is 8.30. The highest BCUT2D eigenvalue weighted by Gasteiger charge is 2.19. The van der Waals surface area contributed by atoms with E-state index in [0.29, 0.717) is 6.54 Å². The van der Waals surface area contributed by atoms with Gasteiger partial charge in [-0.2, -0.15) is 11.8 Å². The molecule has 1 aliphatic carbocycles. The number of nitrogens with one attached hydrogen (secondary N) is 1. The number of fused-ring (bicyclic) bond motifs is 1. The highest BCUT2D eigenvalue weighted by Crippen LogP contribution is 2.30. The monoisotopic (exact) mass is 383 g/mol. The lowest BCUT2D eigenvalue weighted by molar-refractivity contribution is -0.127. The molecule has 0 radical (unpaired) electrons. The van der Waals surface area contributed by atoms with Crippen molar-refractivity contribution >= 4 is 17.7 Å². The van der Waals surface area contributed by atoms with E-state index in [0.717, 1.165) is 30.1 Å². The molecule has 1 atom stereocenters. The molecule has 0 saturated carbocycles. The normalized spacial score (nSPS) is 14.3. The summed E-state index contributed by atoms with van der Waals surface area (Å²) in [5, 5.41) is 3.00. The highest BCUT2D eigenvalue weighted by atomic mass is 32.2. The van der Waals surface area contributed by atoms with Crippen molar-refractivity contribution in [3.8, 4) is 5.75 Å². The van der Waals surface area contributed by atoms with Gasteiger partial charge < -0.3 is 10.1 Å². The third-order valence-corrected chi connectivity index (χ3v) is 5.95. The number of hydrogen-bond acceptors (Lipinski definition) is 3. The second kappa shape index (κ2) is 9.84. The molecule has 27 heavy (non-hydrogen) atoms. The van der Waals surface area contributed by atoms with Crippen molar-refractivity contribution in [3.05, 3.63) is 64.7 Å². The minimum atomic E-state index is -0.472. The molecule has 0 aliphatic heterocycles. The van der Waals surface area contributed by atoms with Crippen LogP contribution in [0.15, 0.2) is 42.5 Å². The van der Waals surface area contributed by atoms with Crippen molar-refractivity contribution in [1.82, 2.24) is 5.32 Å². The lowest BCUT2D eigenvalue weighted by Crippen LogP contribution is -2.37. The zero-order valence-electron chi connectivity index (χ0n) is 16.3. The summed E-state index contributed by atoms with van der Waals surface area (Å²) in [5.41, 5.74) is 5.28. The van der Waals surface area contributed by atoms with Gasteiger partial charge in [-0.25, -0.2) is 0 Å². The molecule has 0 saturated heterocycles. The van der Waals surface area contributed by atoms with Gasteiger partial charge in [0.25, 0.3) is 5.91 Å². The van der Waals surface area contributed by atoms with Crippen LogP contribution in [0.1, 0.15) is 42.0 Å². The first-order valence-corrected chi connectivity index (χ1v) is 11.0. The van der Waals surface area contributed by atoms with Crippen LogP contribution >= 0.6 is 11.8 Å². The number of amides is 1. The van der Waals surface area contributed by atoms with Crippen LogP contribution in [-0.4, -0.2) is 24.3 Å². The number of hydrogen-bond donors (Lipinski definition) is 1. The first kappa shape index (κ1) is 19.8. The molecule has 1 amide bonds. The quantitative estimate of drug-likeness (QED) is 0.672. The van der Waals surface area contributed by atoms with E-state index in [1.54, 1.807) is 0 Å². The van der Waals surface area contributed by atoms with Crippen LogP contribution in [0.4, 0.5) is 0 Å². The minimum absolute atomic E-state index is 0.0421. The fourth-order valence-corrected chi connectivity index (χ4v) is 4.29. The third-order valence-electron chi connectivity index (χ3n) is 4.92. The Hall–Kier alpha value is -1.94. The van der Waals surface area contributed by atoms with Gasteiger partial charge in [0.15, 0.2) is 6.10 Å². The van der Waals surface area contributed by atoms with Gasteiger partial charge in [0.05, 0.1) is 0 Å². The first-order chi connectivity index (χ1) is 13.1. The first-order valence-electron chi connectivity index (χ1n) is 9.82. The van der Waals surface area contributed by atoms with E-state index in [1.807, 2.05) is 30.8 Å². The maximum absolute atomic E-state index is 12.3. The van der Waals surface area contributed by atoms with E-state index in [4.69, 9.17) is 4.74 Å². The molecule has 3 nitrogen and oxygen atoms in total. The molecule has 0 fully saturated rings. The number of carbonyl (C=O) groups excluding carboxylic acids is 1. The topological polar surface area (TPSA) is 38.3 Å². The van der Waals surface area contributed by atoms with Crippen molar-refractivity contribution < 1.29 is 9.53 Å². The number of rotatable bonds is 8. The van der Waals surface area contributed by atoms with Crippen LogP contribution in [0.3, 0.4) is 0 Å². The summed E-state index contributed by atoms with van der Waals surface area (Å²) < 4.78 is 6.00. The Balaban J connectivity index is 1.41. The summed E-state index contributed by atoms with van der Waals surface area (Å²) in [6.45, 7) is 4.60. The molecule has 0 spiro atoms. The molecular weight excluding hydrogens is 354 g/mol. The Morgan fingerprint density at radius 3 is 2.85 bits per heavy atom. The van der Waals surface area contributed by atoms with Crippen molar-refractivity contribution in [1.29, 1.82) is 0 Å². The van der Waals surface area contributed by atoms with Crippen LogP contribution in [0.5, 0.6) is 5.75 Å². The van der Waals surface area contributed by atoms with Crippen molar-refractivity contribution in [2.75, 3.05) is 12.3 Å². The highest BCUT2D eigenvalue weighted by molar-refractivity contribution is 7.98. The predicted molar refractivity (Wildman–Crippen MR) is 114 cm³/mol. The van der Waals surface area contributed by atoms with Gasteiger partial charge in [-0.15, -0.1) is 0 Å². The number of thioether (sulfide) groups is 1. The summed E-state index contributed by atoms with van der Waals surface area (Å²) in [5.74, 6) is 2.70. The van der Waals surface area contributed by atoms with Gasteiger partial charge in [-0.3, -0.25) is 4.79 Å². The number of ether oxygens (including phenoxy) is 1. The lowest BCUT2D eigenvalue weighted by Gasteiger charge is -2.22. The second-order valence-electron chi connectivity index (χ2n) is 7.19. The molecule has 1 aliphatic rings. The van der Waals surface area contributed by atoms with Gasteiger partial charge in [0.1, 0.15) is 5.75 Å². The molecular formula is C23H29NO2S. The predicted octanol–water partition coefficient (Wildman–Crippen LogP) is 4.69. The standard InChI is InChI=1S/C23H29NO2S/c1-17-7-5-8-19(15-17)16-27-14-13-24-23(25)18(2)26-22-12-6-10-20-9-3-4-11-21(20)22/h5-8,10,12,15,18H,3-4,9,11,13-14,16H2,1-2H3,(H,24,25)/t18-/m0/s1. The maximum atomic E-state index is 12.3. The Kier molecular flexibility index (Phi) is 7.22. The fourth-order valence-electron chi connectivity index (χ4n) is 3.48. The Morgan fingerprint density at radius 1 is 1.19 bits per heavy atom. The molecule has 3 rings (SSSR count). The van der Waals surface area contributed by atoms with Crippen molar-refractivity contribution in [2.24, 2.45) is 0 Å². The van der Waals surface area contributed by atoms with Crippen LogP contribution in [0.25, 0.3) is 0 Å². The smallest absolute Gasteiger partial charge is 0.260 e. The molecule has 0 heterocycles. The van der Waals surface area contributed by atoms with E-state index in [9.17, 15) is 4.79 Å². The maximum Gasteiger partial charge on any atom is 0.260 e. The average Bonchev–Trinajstić information content (AvgIpc) is 2.68. The Bertz CT molecular complexity index is 775. The van der Waals surface area contributed by atoms with Crippen molar-refractivity contribution in [2.45, 2.75) is 51.4 Å². The Morgan fingerprint density at radius 2 is 2.00 bits per heavy atom. The lowest BCUT2D eigenvalue weighted by atomic mass is 9.91. The van der Waals surface area contributed by atoms with Crippen molar-refractivity contribution in [3.63, 3.8) is 0 Å². The number of carbonyl (C=O) groups is 1. The van der Waals surface area contributed by atoms with Crippen LogP contribution in [-0.2, 0) is 23.4 Å². The summed E-state index contributed by atoms with van der Waals surface area (Å²) in [6, 6.07) is 14.8. The van der Waals surface area contributed by atoms with E-state index in [2.05, 4.69) is 42.6 Å². The molecule has 2 aromatic carbocycles. The zero-order chi connectivity index (χ0) is 19.1. The van der Waals surface area contributed by atoms with E-state index >= 15 is 0 Å². The molecule has 1 N–H and O–H groups in total. The van der Waals surface area contributed by atoms with E-state index in [-0.39, 0.29) is 5.91 Å². The molecule has 0 unspecified atom stereocenters. The number of benzene rings is 2. The van der Waals surface area contributed by atoms with Gasteiger partial charge in [0, 0.05) is 18.1 Å². The van der Waals surface area contributed by atoms with Crippen LogP contribution < -0.4 is 10.1 Å². The van der Waals surface area contributed by atoms with Gasteiger partial charge in [0.2, 0.25) is 0 Å². The molecule has 0 bridgehead atoms. The Labute approximate surface area is 166 Å². The van der Waals surface area contributed by atoms with E-state index in [1.165, 1.54) is 35.1 Å².